The van der Waals surface area contributed by atoms with Gasteiger partial charge in [0, 0.05) is 39.7 Å². The third-order valence-corrected chi connectivity index (χ3v) is 14.0. The Balaban J connectivity index is 0.000000241. The molecule has 0 unspecified atom stereocenters. The van der Waals surface area contributed by atoms with Gasteiger partial charge in [-0.15, -0.1) is 5.11 Å². The van der Waals surface area contributed by atoms with Crippen LogP contribution >= 0.6 is 23.2 Å². The van der Waals surface area contributed by atoms with Crippen molar-refractivity contribution in [3.05, 3.63) is 166 Å². The summed E-state index contributed by atoms with van der Waals surface area (Å²) in [7, 11) is -6.26. The number of benzene rings is 8. The fourth-order valence-electron chi connectivity index (χ4n) is 7.73. The van der Waals surface area contributed by atoms with E-state index in [1.54, 1.807) is 111 Å². The van der Waals surface area contributed by atoms with Gasteiger partial charge in [0.25, 0.3) is 26.1 Å². The van der Waals surface area contributed by atoms with Gasteiger partial charge in [-0.05, 0) is 95.7 Å². The van der Waals surface area contributed by atoms with E-state index in [0.29, 0.717) is 44.4 Å². The summed E-state index contributed by atoms with van der Waals surface area (Å²) >= 11 is 12.0. The molecule has 380 valence electrons. The first-order valence-electron chi connectivity index (χ1n) is 22.0. The first-order chi connectivity index (χ1) is 35.3. The minimum Gasteiger partial charge on any atom is -0.871 e. The number of carbonyl (C=O) groups is 1. The molecule has 23 heteroatoms. The molecule has 0 aliphatic heterocycles. The SMILES string of the molecule is CCc1c(N=Nc2c(O)c(C(=O)Nc3cccc(OC)c3)cc3ccccc23)ccc(Cl)c1S(=O)(=O)O.CCc1c(N=Nc2c([O-])c(C([O-])=Nc3cccc(OC)c3)cc3ccccc23)ccc(Cl)c1S(=O)(=O)O.[Ba+2]. The maximum atomic E-state index is 13.4. The van der Waals surface area contributed by atoms with Crippen LogP contribution in [0, 0.1) is 0 Å². The average Bonchev–Trinajstić information content (AvgIpc) is 3.37. The van der Waals surface area contributed by atoms with Crippen LogP contribution in [0.5, 0.6) is 23.0 Å². The monoisotopic (exact) mass is 1210 g/mol. The van der Waals surface area contributed by atoms with Crippen molar-refractivity contribution in [3.63, 3.8) is 0 Å². The summed E-state index contributed by atoms with van der Waals surface area (Å²) in [5.74, 6) is -1.40. The number of ether oxygens (including phenoxy) is 2. The van der Waals surface area contributed by atoms with Gasteiger partial charge < -0.3 is 30.1 Å². The number of aromatic hydroxyl groups is 1. The fraction of sp³-hybridized carbons (Fsp3) is 0.115. The Hall–Kier alpha value is -6.41. The molecule has 0 aliphatic rings. The molecule has 18 nitrogen and oxygen atoms in total. The molecule has 0 atom stereocenters. The summed E-state index contributed by atoms with van der Waals surface area (Å²) in [6.07, 6.45) is 0.340. The molecule has 1 amide bonds. The standard InChI is InChI=1S/2C26H22ClN3O6S.Ba/c2*1-3-18-22(12-11-21(27)25(18)37(33,34)35)29-30-23-19-10-5-4-7-15(19)13-20(24(23)31)26(32)28-16-8-6-9-17(14-16)36-2;/h2*4-14,31H,3H2,1-2H3,(H,28,32)(H,33,34,35);/q;;+2/p-2. The molecule has 8 aromatic carbocycles. The number of hydrogen-bond acceptors (Lipinski definition) is 15. The second-order valence-corrected chi connectivity index (χ2v) is 19.3. The van der Waals surface area contributed by atoms with Crippen molar-refractivity contribution in [2.24, 2.45) is 25.4 Å². The maximum absolute atomic E-state index is 13.4. The zero-order valence-electron chi connectivity index (χ0n) is 40.1. The predicted octanol–water partition coefficient (Wildman–Crippen LogP) is 11.5. The summed E-state index contributed by atoms with van der Waals surface area (Å²) in [6, 6.07) is 35.5. The van der Waals surface area contributed by atoms with Gasteiger partial charge in [-0.3, -0.25) is 18.9 Å². The molecule has 0 aromatic heterocycles. The van der Waals surface area contributed by atoms with Crippen LogP contribution in [0.25, 0.3) is 21.5 Å². The van der Waals surface area contributed by atoms with Crippen molar-refractivity contribution in [2.45, 2.75) is 36.5 Å². The minimum atomic E-state index is -4.64. The zero-order valence-corrected chi connectivity index (χ0v) is 47.7. The maximum Gasteiger partial charge on any atom is 2.00 e. The first kappa shape index (κ1) is 57.9. The number of phenols is 1. The van der Waals surface area contributed by atoms with E-state index in [4.69, 9.17) is 32.7 Å². The van der Waals surface area contributed by atoms with Gasteiger partial charge in [0.1, 0.15) is 27.0 Å². The van der Waals surface area contributed by atoms with Gasteiger partial charge in [-0.25, -0.2) is 0 Å². The predicted molar refractivity (Wildman–Crippen MR) is 285 cm³/mol. The number of anilines is 1. The van der Waals surface area contributed by atoms with Crippen molar-refractivity contribution in [3.8, 4) is 23.0 Å². The zero-order chi connectivity index (χ0) is 53.5. The number of carbonyl (C=O) groups excluding carboxylic acids is 1. The Labute approximate surface area is 481 Å². The Morgan fingerprint density at radius 3 is 1.63 bits per heavy atom. The molecule has 8 rings (SSSR count). The van der Waals surface area contributed by atoms with Crippen LogP contribution < -0.4 is 25.0 Å². The second-order valence-electron chi connectivity index (χ2n) is 15.8. The van der Waals surface area contributed by atoms with Crippen LogP contribution in [0.4, 0.5) is 34.1 Å². The van der Waals surface area contributed by atoms with Gasteiger partial charge >= 0.3 is 48.9 Å². The smallest absolute Gasteiger partial charge is 0.871 e. The number of halogens is 2. The Morgan fingerprint density at radius 2 is 1.11 bits per heavy atom. The van der Waals surface area contributed by atoms with Gasteiger partial charge in [0.15, 0.2) is 5.75 Å². The van der Waals surface area contributed by atoms with Crippen LogP contribution in [-0.2, 0) is 33.1 Å². The molecular weight excluding hydrogens is 1170 g/mol. The summed E-state index contributed by atoms with van der Waals surface area (Å²) in [5.41, 5.74) is 0.951. The number of hydrogen-bond donors (Lipinski definition) is 4. The molecule has 0 heterocycles. The largest absolute Gasteiger partial charge is 2.00 e. The van der Waals surface area contributed by atoms with Crippen LogP contribution in [0.1, 0.15) is 40.9 Å². The quantitative estimate of drug-likeness (QED) is 0.0260. The van der Waals surface area contributed by atoms with E-state index in [0.717, 1.165) is 0 Å². The van der Waals surface area contributed by atoms with E-state index < -0.39 is 53.3 Å². The van der Waals surface area contributed by atoms with Crippen molar-refractivity contribution >= 4 is 160 Å². The summed E-state index contributed by atoms with van der Waals surface area (Å²) in [6.45, 7) is 3.34. The van der Waals surface area contributed by atoms with E-state index in [1.807, 2.05) is 0 Å². The number of rotatable bonds is 14. The number of methoxy groups -OCH3 is 2. The molecule has 4 N–H and O–H groups in total. The number of azo groups is 2. The number of amides is 1. The van der Waals surface area contributed by atoms with E-state index >= 15 is 0 Å². The number of nitrogens with zero attached hydrogens (tertiary/aromatic N) is 5. The van der Waals surface area contributed by atoms with Crippen LogP contribution in [0.2, 0.25) is 10.0 Å². The summed E-state index contributed by atoms with van der Waals surface area (Å²) in [5, 5.41) is 58.6. The topological polar surface area (TPSA) is 284 Å². The summed E-state index contributed by atoms with van der Waals surface area (Å²) in [4.78, 5) is 16.2. The Kier molecular flexibility index (Phi) is 19.3. The van der Waals surface area contributed by atoms with Gasteiger partial charge in [0.2, 0.25) is 0 Å². The molecule has 0 saturated heterocycles. The number of nitrogens with one attached hydrogen (secondary N) is 1. The van der Waals surface area contributed by atoms with Crippen molar-refractivity contribution in [2.75, 3.05) is 19.5 Å². The average molecular weight is 1220 g/mol. The number of fused-ring (bicyclic) bond motifs is 2. The molecule has 75 heavy (non-hydrogen) atoms. The molecule has 0 fully saturated rings. The Bertz CT molecular complexity index is 3830. The fourth-order valence-corrected chi connectivity index (χ4v) is 10.4. The third-order valence-electron chi connectivity index (χ3n) is 11.2. The molecule has 0 radical (unpaired) electrons. The van der Waals surface area contributed by atoms with Crippen LogP contribution in [0.15, 0.2) is 169 Å². The van der Waals surface area contributed by atoms with Crippen LogP contribution in [-0.4, -0.2) is 106 Å². The molecule has 8 aromatic rings. The van der Waals surface area contributed by atoms with Crippen molar-refractivity contribution in [1.82, 2.24) is 0 Å². The molecular formula is C52H42BaCl2N6O12S2. The molecule has 0 saturated carbocycles. The third kappa shape index (κ3) is 13.3. The van der Waals surface area contributed by atoms with E-state index in [9.17, 15) is 46.1 Å². The van der Waals surface area contributed by atoms with Gasteiger partial charge in [-0.2, -0.15) is 32.2 Å². The normalized spacial score (nSPS) is 11.9. The van der Waals surface area contributed by atoms with Crippen molar-refractivity contribution < 1.29 is 55.5 Å². The first-order valence-corrected chi connectivity index (χ1v) is 25.7. The van der Waals surface area contributed by atoms with E-state index in [-0.39, 0.29) is 117 Å². The van der Waals surface area contributed by atoms with Gasteiger partial charge in [0.05, 0.1) is 52.6 Å². The molecule has 0 aliphatic carbocycles. The summed E-state index contributed by atoms with van der Waals surface area (Å²) < 4.78 is 77.2. The van der Waals surface area contributed by atoms with Crippen LogP contribution in [0.3, 0.4) is 0 Å². The second kappa shape index (κ2) is 25.0. The number of phenolic OH excluding ortho intramolecular Hbond substituents is 1. The van der Waals surface area contributed by atoms with Crippen molar-refractivity contribution in [1.29, 1.82) is 0 Å². The van der Waals surface area contributed by atoms with Gasteiger partial charge in [-0.1, -0.05) is 103 Å². The number of aliphatic imine (C=N–C) groups is 1. The minimum absolute atomic E-state index is 0. The molecule has 0 bridgehead atoms. The Morgan fingerprint density at radius 1 is 0.627 bits per heavy atom. The molecule has 0 spiro atoms. The van der Waals surface area contributed by atoms with E-state index in [1.165, 1.54) is 50.6 Å². The van der Waals surface area contributed by atoms with E-state index in [2.05, 4.69) is 30.8 Å².